The van der Waals surface area contributed by atoms with Gasteiger partial charge in [0.1, 0.15) is 11.8 Å². The van der Waals surface area contributed by atoms with Crippen molar-refractivity contribution in [1.82, 2.24) is 15.3 Å². The number of ether oxygens (including phenoxy) is 1. The number of aryl methyl sites for hydroxylation is 1. The van der Waals surface area contributed by atoms with Crippen LogP contribution in [0.2, 0.25) is 0 Å². The third kappa shape index (κ3) is 5.64. The molecule has 2 N–H and O–H groups in total. The topological polar surface area (TPSA) is 93.2 Å². The highest BCUT2D eigenvalue weighted by Crippen LogP contribution is 2.20. The van der Waals surface area contributed by atoms with Gasteiger partial charge in [0.25, 0.3) is 5.91 Å². The normalized spacial score (nSPS) is 11.6. The van der Waals surface area contributed by atoms with E-state index in [4.69, 9.17) is 4.74 Å². The highest BCUT2D eigenvalue weighted by Gasteiger charge is 2.25. The molecule has 0 aliphatic heterocycles. The molecule has 0 saturated heterocycles. The van der Waals surface area contributed by atoms with Gasteiger partial charge in [-0.25, -0.2) is 9.97 Å². The molecule has 1 heterocycles. The molecule has 7 nitrogen and oxygen atoms in total. The lowest BCUT2D eigenvalue weighted by Gasteiger charge is -2.22. The van der Waals surface area contributed by atoms with Crippen LogP contribution >= 0.6 is 0 Å². The van der Waals surface area contributed by atoms with Crippen molar-refractivity contribution in [3.05, 3.63) is 78.1 Å². The maximum absolute atomic E-state index is 12.8. The Kier molecular flexibility index (Phi) is 6.75. The van der Waals surface area contributed by atoms with Gasteiger partial charge in [-0.15, -0.1) is 0 Å². The lowest BCUT2D eigenvalue weighted by Crippen LogP contribution is -2.47. The van der Waals surface area contributed by atoms with E-state index in [1.807, 2.05) is 32.9 Å². The minimum atomic E-state index is -0.674. The molecule has 0 aliphatic carbocycles. The van der Waals surface area contributed by atoms with Gasteiger partial charge in [0.15, 0.2) is 0 Å². The molecule has 1 atom stereocenters. The molecule has 0 aliphatic rings. The van der Waals surface area contributed by atoms with E-state index in [2.05, 4.69) is 20.6 Å². The Morgan fingerprint density at radius 2 is 1.67 bits per heavy atom. The van der Waals surface area contributed by atoms with E-state index >= 15 is 0 Å². The zero-order valence-electron chi connectivity index (χ0n) is 17.1. The average Bonchev–Trinajstić information content (AvgIpc) is 2.73. The number of anilines is 1. The molecule has 0 radical (unpaired) electrons. The Morgan fingerprint density at radius 1 is 0.967 bits per heavy atom. The first-order valence-electron chi connectivity index (χ1n) is 9.65. The quantitative estimate of drug-likeness (QED) is 0.621. The lowest BCUT2D eigenvalue weighted by atomic mass is 10.0. The second-order valence-corrected chi connectivity index (χ2v) is 7.21. The largest absolute Gasteiger partial charge is 0.424 e. The molecule has 7 heteroatoms. The number of carbonyl (C=O) groups excluding carboxylic acids is 2. The summed E-state index contributed by atoms with van der Waals surface area (Å²) in [5.74, 6) is -0.103. The van der Waals surface area contributed by atoms with Gasteiger partial charge in [0, 0.05) is 23.6 Å². The summed E-state index contributed by atoms with van der Waals surface area (Å²) in [6.45, 7) is 5.69. The van der Waals surface area contributed by atoms with Crippen LogP contribution in [0.15, 0.2) is 67.0 Å². The highest BCUT2D eigenvalue weighted by atomic mass is 16.5. The standard InChI is InChI=1S/C23H24N4O3/c1-15(2)20(27-21(28)17-7-4-6-16(3)14-17)22(29)26-18-8-10-19(11-9-18)30-23-24-12-5-13-25-23/h4-15,20H,1-3H3,(H,26,29)(H,27,28). The summed E-state index contributed by atoms with van der Waals surface area (Å²) in [5, 5.41) is 5.67. The van der Waals surface area contributed by atoms with E-state index in [-0.39, 0.29) is 23.7 Å². The van der Waals surface area contributed by atoms with Crippen molar-refractivity contribution in [2.75, 3.05) is 5.32 Å². The van der Waals surface area contributed by atoms with E-state index < -0.39 is 6.04 Å². The van der Waals surface area contributed by atoms with E-state index in [9.17, 15) is 9.59 Å². The van der Waals surface area contributed by atoms with Crippen molar-refractivity contribution >= 4 is 17.5 Å². The van der Waals surface area contributed by atoms with Gasteiger partial charge in [-0.05, 0) is 55.3 Å². The number of aromatic nitrogens is 2. The number of hydrogen-bond acceptors (Lipinski definition) is 5. The fourth-order valence-corrected chi connectivity index (χ4v) is 2.82. The minimum absolute atomic E-state index is 0.0865. The molecule has 1 aromatic heterocycles. The van der Waals surface area contributed by atoms with Crippen molar-refractivity contribution in [1.29, 1.82) is 0 Å². The second kappa shape index (κ2) is 9.65. The molecular weight excluding hydrogens is 380 g/mol. The summed E-state index contributed by atoms with van der Waals surface area (Å²) in [4.78, 5) is 33.4. The molecule has 3 rings (SSSR count). The van der Waals surface area contributed by atoms with E-state index in [0.717, 1.165) is 5.56 Å². The summed E-state index contributed by atoms with van der Waals surface area (Å²) in [6, 6.07) is 15.4. The van der Waals surface area contributed by atoms with E-state index in [1.54, 1.807) is 54.9 Å². The summed E-state index contributed by atoms with van der Waals surface area (Å²) in [6.07, 6.45) is 3.18. The minimum Gasteiger partial charge on any atom is -0.424 e. The monoisotopic (exact) mass is 404 g/mol. The zero-order valence-corrected chi connectivity index (χ0v) is 17.1. The van der Waals surface area contributed by atoms with Crippen molar-refractivity contribution in [2.45, 2.75) is 26.8 Å². The number of nitrogens with zero attached hydrogens (tertiary/aromatic N) is 2. The average molecular weight is 404 g/mol. The molecular formula is C23H24N4O3. The van der Waals surface area contributed by atoms with E-state index in [1.165, 1.54) is 0 Å². The van der Waals surface area contributed by atoms with Crippen LogP contribution in [-0.4, -0.2) is 27.8 Å². The van der Waals surface area contributed by atoms with Crippen LogP contribution in [0.4, 0.5) is 5.69 Å². The fraction of sp³-hybridized carbons (Fsp3) is 0.217. The van der Waals surface area contributed by atoms with Crippen LogP contribution in [0.5, 0.6) is 11.8 Å². The Labute approximate surface area is 175 Å². The molecule has 154 valence electrons. The summed E-state index contributed by atoms with van der Waals surface area (Å²) in [5.41, 5.74) is 2.10. The van der Waals surface area contributed by atoms with Gasteiger partial charge in [-0.1, -0.05) is 31.5 Å². The molecule has 0 bridgehead atoms. The van der Waals surface area contributed by atoms with Crippen LogP contribution in [0.1, 0.15) is 29.8 Å². The molecule has 0 fully saturated rings. The molecule has 3 aromatic rings. The van der Waals surface area contributed by atoms with Crippen LogP contribution < -0.4 is 15.4 Å². The predicted octanol–water partition coefficient (Wildman–Crippen LogP) is 3.97. The summed E-state index contributed by atoms with van der Waals surface area (Å²) < 4.78 is 5.54. The van der Waals surface area contributed by atoms with Gasteiger partial charge < -0.3 is 15.4 Å². The van der Waals surface area contributed by atoms with Gasteiger partial charge in [0.2, 0.25) is 5.91 Å². The Bertz CT molecular complexity index is 1000. The molecule has 0 spiro atoms. The van der Waals surface area contributed by atoms with Gasteiger partial charge in [0.05, 0.1) is 0 Å². The first-order chi connectivity index (χ1) is 14.4. The lowest BCUT2D eigenvalue weighted by molar-refractivity contribution is -0.118. The number of hydrogen-bond donors (Lipinski definition) is 2. The highest BCUT2D eigenvalue weighted by molar-refractivity contribution is 6.01. The van der Waals surface area contributed by atoms with Crippen molar-refractivity contribution < 1.29 is 14.3 Å². The number of nitrogens with one attached hydrogen (secondary N) is 2. The molecule has 30 heavy (non-hydrogen) atoms. The maximum atomic E-state index is 12.8. The van der Waals surface area contributed by atoms with Crippen molar-refractivity contribution in [2.24, 2.45) is 5.92 Å². The van der Waals surface area contributed by atoms with Gasteiger partial charge in [-0.2, -0.15) is 0 Å². The first-order valence-corrected chi connectivity index (χ1v) is 9.65. The molecule has 0 saturated carbocycles. The van der Waals surface area contributed by atoms with Gasteiger partial charge >= 0.3 is 6.01 Å². The number of rotatable bonds is 7. The summed E-state index contributed by atoms with van der Waals surface area (Å²) >= 11 is 0. The molecule has 2 aromatic carbocycles. The third-order valence-corrected chi connectivity index (χ3v) is 4.39. The zero-order chi connectivity index (χ0) is 21.5. The second-order valence-electron chi connectivity index (χ2n) is 7.21. The van der Waals surface area contributed by atoms with Crippen LogP contribution in [0.3, 0.4) is 0 Å². The predicted molar refractivity (Wildman–Crippen MR) is 114 cm³/mol. The molecule has 1 unspecified atom stereocenters. The number of benzene rings is 2. The van der Waals surface area contributed by atoms with Crippen LogP contribution in [0.25, 0.3) is 0 Å². The van der Waals surface area contributed by atoms with Crippen molar-refractivity contribution in [3.63, 3.8) is 0 Å². The van der Waals surface area contributed by atoms with E-state index in [0.29, 0.717) is 17.0 Å². The fourth-order valence-electron chi connectivity index (χ4n) is 2.82. The Morgan fingerprint density at radius 3 is 2.30 bits per heavy atom. The summed E-state index contributed by atoms with van der Waals surface area (Å²) in [7, 11) is 0. The van der Waals surface area contributed by atoms with Crippen LogP contribution in [-0.2, 0) is 4.79 Å². The SMILES string of the molecule is Cc1cccc(C(=O)NC(C(=O)Nc2ccc(Oc3ncccn3)cc2)C(C)C)c1. The first kappa shape index (κ1) is 21.0. The number of carbonyl (C=O) groups is 2. The third-order valence-electron chi connectivity index (χ3n) is 4.39. The van der Waals surface area contributed by atoms with Crippen LogP contribution in [0, 0.1) is 12.8 Å². The van der Waals surface area contributed by atoms with Crippen molar-refractivity contribution in [3.8, 4) is 11.8 Å². The van der Waals surface area contributed by atoms with Gasteiger partial charge in [-0.3, -0.25) is 9.59 Å². The Hall–Kier alpha value is -3.74. The number of amides is 2. The smallest absolute Gasteiger partial charge is 0.321 e. The molecule has 2 amide bonds. The maximum Gasteiger partial charge on any atom is 0.321 e. The Balaban J connectivity index is 1.64.